The van der Waals surface area contributed by atoms with Crippen LogP contribution in [-0.2, 0) is 0 Å². The van der Waals surface area contributed by atoms with E-state index in [1.807, 2.05) is 11.9 Å². The van der Waals surface area contributed by atoms with Crippen LogP contribution in [0, 0.1) is 10.1 Å². The number of nitrogens with zero attached hydrogens (tertiary/aromatic N) is 6. The molecule has 8 nitrogen and oxygen atoms in total. The molecule has 116 valence electrons. The fourth-order valence-electron chi connectivity index (χ4n) is 2.66. The van der Waals surface area contributed by atoms with Gasteiger partial charge in [-0.25, -0.2) is 9.97 Å². The minimum atomic E-state index is -0.393. The molecule has 0 aliphatic carbocycles. The van der Waals surface area contributed by atoms with Crippen molar-refractivity contribution in [3.8, 4) is 0 Å². The molecule has 0 spiro atoms. The average Bonchev–Trinajstić information content (AvgIpc) is 2.46. The lowest BCUT2D eigenvalue weighted by atomic mass is 10.0. The molecule has 1 aromatic heterocycles. The SMILES string of the molecule is CN1CCC(N(C)c2ncnc(N(C)C)c2[N+](=O)[O-])CC1. The first-order valence-corrected chi connectivity index (χ1v) is 7.00. The summed E-state index contributed by atoms with van der Waals surface area (Å²) in [7, 11) is 7.46. The van der Waals surface area contributed by atoms with Gasteiger partial charge in [0.15, 0.2) is 0 Å². The Bertz CT molecular complexity index is 513. The maximum Gasteiger partial charge on any atom is 0.353 e. The summed E-state index contributed by atoms with van der Waals surface area (Å²) in [5.41, 5.74) is -0.0241. The normalized spacial score (nSPS) is 16.8. The van der Waals surface area contributed by atoms with Gasteiger partial charge < -0.3 is 14.7 Å². The van der Waals surface area contributed by atoms with Gasteiger partial charge >= 0.3 is 5.69 Å². The Morgan fingerprint density at radius 3 is 2.33 bits per heavy atom. The van der Waals surface area contributed by atoms with E-state index in [1.165, 1.54) is 6.33 Å². The van der Waals surface area contributed by atoms with Crippen molar-refractivity contribution >= 4 is 17.3 Å². The van der Waals surface area contributed by atoms with Crippen molar-refractivity contribution in [3.63, 3.8) is 0 Å². The Morgan fingerprint density at radius 2 is 1.81 bits per heavy atom. The zero-order chi connectivity index (χ0) is 15.6. The quantitative estimate of drug-likeness (QED) is 0.605. The lowest BCUT2D eigenvalue weighted by Crippen LogP contribution is -2.42. The number of hydrogen-bond donors (Lipinski definition) is 0. The number of piperidine rings is 1. The fraction of sp³-hybridized carbons (Fsp3) is 0.692. The second-order valence-corrected chi connectivity index (χ2v) is 5.67. The van der Waals surface area contributed by atoms with E-state index >= 15 is 0 Å². The molecule has 1 fully saturated rings. The molecule has 1 aliphatic rings. The van der Waals surface area contributed by atoms with Gasteiger partial charge in [-0.15, -0.1) is 0 Å². The van der Waals surface area contributed by atoms with E-state index in [4.69, 9.17) is 0 Å². The number of hydrogen-bond acceptors (Lipinski definition) is 7. The monoisotopic (exact) mass is 294 g/mol. The van der Waals surface area contributed by atoms with Crippen molar-refractivity contribution < 1.29 is 4.92 Å². The summed E-state index contributed by atoms with van der Waals surface area (Å²) in [6, 6.07) is 0.268. The second kappa shape index (κ2) is 6.21. The minimum absolute atomic E-state index is 0.0241. The van der Waals surface area contributed by atoms with Gasteiger partial charge in [-0.3, -0.25) is 10.1 Å². The second-order valence-electron chi connectivity index (χ2n) is 5.67. The fourth-order valence-corrected chi connectivity index (χ4v) is 2.66. The zero-order valence-electron chi connectivity index (χ0n) is 13.0. The summed E-state index contributed by atoms with van der Waals surface area (Å²) < 4.78 is 0. The molecule has 0 saturated carbocycles. The van der Waals surface area contributed by atoms with E-state index < -0.39 is 4.92 Å². The topological polar surface area (TPSA) is 78.6 Å². The van der Waals surface area contributed by atoms with Gasteiger partial charge in [-0.05, 0) is 33.0 Å². The Labute approximate surface area is 124 Å². The highest BCUT2D eigenvalue weighted by atomic mass is 16.6. The molecule has 0 aromatic carbocycles. The Hall–Kier alpha value is -1.96. The van der Waals surface area contributed by atoms with Crippen molar-refractivity contribution in [2.75, 3.05) is 51.1 Å². The Balaban J connectivity index is 2.34. The molecule has 1 saturated heterocycles. The summed E-state index contributed by atoms with van der Waals surface area (Å²) in [5, 5.41) is 11.5. The predicted molar refractivity (Wildman–Crippen MR) is 81.9 cm³/mol. The Kier molecular flexibility index (Phi) is 4.56. The number of nitro groups is 1. The third kappa shape index (κ3) is 3.21. The Morgan fingerprint density at radius 1 is 1.24 bits per heavy atom. The van der Waals surface area contributed by atoms with Crippen LogP contribution in [0.2, 0.25) is 0 Å². The van der Waals surface area contributed by atoms with E-state index in [-0.39, 0.29) is 11.7 Å². The molecular formula is C13H22N6O2. The van der Waals surface area contributed by atoms with Crippen LogP contribution in [0.4, 0.5) is 17.3 Å². The lowest BCUT2D eigenvalue weighted by Gasteiger charge is -2.35. The minimum Gasteiger partial charge on any atom is -0.357 e. The first kappa shape index (κ1) is 15.4. The lowest BCUT2D eigenvalue weighted by molar-refractivity contribution is -0.383. The molecular weight excluding hydrogens is 272 g/mol. The molecule has 0 unspecified atom stereocenters. The van der Waals surface area contributed by atoms with Gasteiger partial charge in [0.1, 0.15) is 6.33 Å². The van der Waals surface area contributed by atoms with Crippen molar-refractivity contribution in [2.45, 2.75) is 18.9 Å². The third-order valence-corrected chi connectivity index (χ3v) is 3.96. The summed E-state index contributed by atoms with van der Waals surface area (Å²) in [6.07, 6.45) is 3.35. The number of aromatic nitrogens is 2. The summed E-state index contributed by atoms with van der Waals surface area (Å²) in [5.74, 6) is 0.734. The molecule has 0 atom stereocenters. The predicted octanol–water partition coefficient (Wildman–Crippen LogP) is 0.981. The van der Waals surface area contributed by atoms with Crippen molar-refractivity contribution in [1.29, 1.82) is 0 Å². The molecule has 2 heterocycles. The van der Waals surface area contributed by atoms with Gasteiger partial charge in [0.25, 0.3) is 0 Å². The van der Waals surface area contributed by atoms with Gasteiger partial charge in [-0.1, -0.05) is 0 Å². The largest absolute Gasteiger partial charge is 0.357 e. The van der Waals surface area contributed by atoms with Crippen LogP contribution in [0.25, 0.3) is 0 Å². The number of likely N-dealkylation sites (tertiary alicyclic amines) is 1. The van der Waals surface area contributed by atoms with Crippen LogP contribution < -0.4 is 9.80 Å². The molecule has 0 N–H and O–H groups in total. The highest BCUT2D eigenvalue weighted by molar-refractivity contribution is 5.70. The van der Waals surface area contributed by atoms with E-state index in [0.717, 1.165) is 25.9 Å². The first-order valence-electron chi connectivity index (χ1n) is 7.00. The molecule has 0 bridgehead atoms. The van der Waals surface area contributed by atoms with E-state index in [2.05, 4.69) is 21.9 Å². The standard InChI is InChI=1S/C13H22N6O2/c1-16(2)12-11(19(20)21)13(15-9-14-12)18(4)10-5-7-17(3)8-6-10/h9-10H,5-8H2,1-4H3. The number of rotatable bonds is 4. The van der Waals surface area contributed by atoms with Crippen LogP contribution >= 0.6 is 0 Å². The van der Waals surface area contributed by atoms with E-state index in [0.29, 0.717) is 11.6 Å². The molecule has 8 heteroatoms. The summed E-state index contributed by atoms with van der Waals surface area (Å²) >= 11 is 0. The van der Waals surface area contributed by atoms with Crippen LogP contribution in [0.15, 0.2) is 6.33 Å². The van der Waals surface area contributed by atoms with Crippen LogP contribution in [0.1, 0.15) is 12.8 Å². The highest BCUT2D eigenvalue weighted by Crippen LogP contribution is 2.34. The maximum atomic E-state index is 11.5. The van der Waals surface area contributed by atoms with Gasteiger partial charge in [0.2, 0.25) is 11.6 Å². The molecule has 0 amide bonds. The molecule has 0 radical (unpaired) electrons. The van der Waals surface area contributed by atoms with Crippen molar-refractivity contribution in [1.82, 2.24) is 14.9 Å². The smallest absolute Gasteiger partial charge is 0.353 e. The zero-order valence-corrected chi connectivity index (χ0v) is 13.0. The van der Waals surface area contributed by atoms with Crippen LogP contribution in [0.5, 0.6) is 0 Å². The third-order valence-electron chi connectivity index (χ3n) is 3.96. The van der Waals surface area contributed by atoms with Crippen LogP contribution in [0.3, 0.4) is 0 Å². The summed E-state index contributed by atoms with van der Waals surface area (Å²) in [6.45, 7) is 1.99. The van der Waals surface area contributed by atoms with Crippen molar-refractivity contribution in [2.24, 2.45) is 0 Å². The molecule has 1 aromatic rings. The van der Waals surface area contributed by atoms with E-state index in [9.17, 15) is 10.1 Å². The molecule has 21 heavy (non-hydrogen) atoms. The van der Waals surface area contributed by atoms with Gasteiger partial charge in [0.05, 0.1) is 4.92 Å². The number of anilines is 2. The van der Waals surface area contributed by atoms with Crippen molar-refractivity contribution in [3.05, 3.63) is 16.4 Å². The van der Waals surface area contributed by atoms with Gasteiger partial charge in [-0.2, -0.15) is 0 Å². The average molecular weight is 294 g/mol. The van der Waals surface area contributed by atoms with Gasteiger partial charge in [0, 0.05) is 27.2 Å². The van der Waals surface area contributed by atoms with Crippen LogP contribution in [-0.4, -0.2) is 67.1 Å². The molecule has 1 aliphatic heterocycles. The summed E-state index contributed by atoms with van der Waals surface area (Å²) in [4.78, 5) is 25.1. The van der Waals surface area contributed by atoms with E-state index in [1.54, 1.807) is 19.0 Å². The maximum absolute atomic E-state index is 11.5. The first-order chi connectivity index (χ1) is 9.91. The molecule has 2 rings (SSSR count). The highest BCUT2D eigenvalue weighted by Gasteiger charge is 2.30.